The maximum Gasteiger partial charge on any atom is 0.0512 e. The van der Waals surface area contributed by atoms with Gasteiger partial charge in [-0.05, 0) is 36.6 Å². The molecule has 1 saturated heterocycles. The smallest absolute Gasteiger partial charge is 0.0512 e. The van der Waals surface area contributed by atoms with Crippen molar-refractivity contribution in [3.05, 3.63) is 33.8 Å². The first-order chi connectivity index (χ1) is 9.06. The van der Waals surface area contributed by atoms with Gasteiger partial charge in [0, 0.05) is 34.7 Å². The number of hydrogen-bond donors (Lipinski definition) is 1. The Kier molecular flexibility index (Phi) is 5.52. The fraction of sp³-hybridized carbons (Fsp3) is 0.600. The fourth-order valence-corrected chi connectivity index (χ4v) is 3.02. The quantitative estimate of drug-likeness (QED) is 0.909. The van der Waals surface area contributed by atoms with Gasteiger partial charge in [0.05, 0.1) is 6.61 Å². The second kappa shape index (κ2) is 6.94. The van der Waals surface area contributed by atoms with E-state index in [0.717, 1.165) is 41.7 Å². The van der Waals surface area contributed by atoms with Gasteiger partial charge in [-0.25, -0.2) is 0 Å². The van der Waals surface area contributed by atoms with Crippen LogP contribution < -0.4 is 5.32 Å². The van der Waals surface area contributed by atoms with Gasteiger partial charge in [-0.1, -0.05) is 37.0 Å². The second-order valence-electron chi connectivity index (χ2n) is 5.49. The van der Waals surface area contributed by atoms with Gasteiger partial charge in [-0.3, -0.25) is 0 Å². The van der Waals surface area contributed by atoms with E-state index in [-0.39, 0.29) is 0 Å². The summed E-state index contributed by atoms with van der Waals surface area (Å²) in [6, 6.07) is 6.64. The first-order valence-corrected chi connectivity index (χ1v) is 7.59. The maximum absolute atomic E-state index is 6.25. The van der Waals surface area contributed by atoms with Gasteiger partial charge < -0.3 is 10.1 Å². The minimum Gasteiger partial charge on any atom is -0.381 e. The molecule has 2 rings (SSSR count). The Hall–Kier alpha value is -0.280. The third-order valence-corrected chi connectivity index (χ3v) is 4.12. The summed E-state index contributed by atoms with van der Waals surface area (Å²) in [5.74, 6) is 0.451. The SMILES string of the molecule is CC(C)N[C@@H]1CCOC[C@@H]1Cc1cc(Cl)ccc1Cl. The van der Waals surface area contributed by atoms with Crippen LogP contribution in [0.4, 0.5) is 0 Å². The van der Waals surface area contributed by atoms with Gasteiger partial charge >= 0.3 is 0 Å². The van der Waals surface area contributed by atoms with E-state index in [4.69, 9.17) is 27.9 Å². The normalized spacial score (nSPS) is 23.8. The van der Waals surface area contributed by atoms with Crippen molar-refractivity contribution in [1.82, 2.24) is 5.32 Å². The Morgan fingerprint density at radius 2 is 2.16 bits per heavy atom. The molecular weight excluding hydrogens is 281 g/mol. The number of nitrogens with one attached hydrogen (secondary N) is 1. The summed E-state index contributed by atoms with van der Waals surface area (Å²) in [7, 11) is 0. The van der Waals surface area contributed by atoms with Crippen LogP contribution in [0.15, 0.2) is 18.2 Å². The van der Waals surface area contributed by atoms with E-state index in [1.54, 1.807) is 0 Å². The molecule has 1 aromatic carbocycles. The molecule has 0 saturated carbocycles. The van der Waals surface area contributed by atoms with E-state index < -0.39 is 0 Å². The predicted molar refractivity (Wildman–Crippen MR) is 81.2 cm³/mol. The average Bonchev–Trinajstić information content (AvgIpc) is 2.35. The van der Waals surface area contributed by atoms with Crippen molar-refractivity contribution in [2.45, 2.75) is 38.8 Å². The molecule has 0 radical (unpaired) electrons. The number of hydrogen-bond acceptors (Lipinski definition) is 2. The highest BCUT2D eigenvalue weighted by atomic mass is 35.5. The van der Waals surface area contributed by atoms with Gasteiger partial charge in [-0.15, -0.1) is 0 Å². The molecule has 0 unspecified atom stereocenters. The summed E-state index contributed by atoms with van der Waals surface area (Å²) in [6.07, 6.45) is 1.96. The maximum atomic E-state index is 6.25. The van der Waals surface area contributed by atoms with E-state index in [2.05, 4.69) is 19.2 Å². The summed E-state index contributed by atoms with van der Waals surface area (Å²) in [5, 5.41) is 5.16. The molecule has 1 fully saturated rings. The van der Waals surface area contributed by atoms with Crippen LogP contribution in [0.5, 0.6) is 0 Å². The van der Waals surface area contributed by atoms with Gasteiger partial charge in [0.15, 0.2) is 0 Å². The van der Waals surface area contributed by atoms with Crippen molar-refractivity contribution in [1.29, 1.82) is 0 Å². The molecular formula is C15H21Cl2NO. The van der Waals surface area contributed by atoms with Crippen molar-refractivity contribution >= 4 is 23.2 Å². The first-order valence-electron chi connectivity index (χ1n) is 6.84. The highest BCUT2D eigenvalue weighted by Gasteiger charge is 2.26. The van der Waals surface area contributed by atoms with Crippen molar-refractivity contribution < 1.29 is 4.74 Å². The highest BCUT2D eigenvalue weighted by molar-refractivity contribution is 6.33. The standard InChI is InChI=1S/C15H21Cl2NO/c1-10(2)18-15-5-6-19-9-12(15)7-11-8-13(16)3-4-14(11)17/h3-4,8,10,12,15,18H,5-7,9H2,1-2H3/t12-,15+/m0/s1. The van der Waals surface area contributed by atoms with Gasteiger partial charge in [0.25, 0.3) is 0 Å². The Balaban J connectivity index is 2.08. The lowest BCUT2D eigenvalue weighted by atomic mass is 9.89. The Bertz CT molecular complexity index is 423. The molecule has 2 nitrogen and oxygen atoms in total. The zero-order chi connectivity index (χ0) is 13.8. The lowest BCUT2D eigenvalue weighted by Gasteiger charge is -2.34. The molecule has 0 spiro atoms. The number of rotatable bonds is 4. The van der Waals surface area contributed by atoms with Crippen LogP contribution in [0.2, 0.25) is 10.0 Å². The van der Waals surface area contributed by atoms with Crippen molar-refractivity contribution in [2.24, 2.45) is 5.92 Å². The van der Waals surface area contributed by atoms with Gasteiger partial charge in [-0.2, -0.15) is 0 Å². The van der Waals surface area contributed by atoms with E-state index in [1.807, 2.05) is 18.2 Å². The van der Waals surface area contributed by atoms with Crippen LogP contribution in [0, 0.1) is 5.92 Å². The van der Waals surface area contributed by atoms with Crippen molar-refractivity contribution in [3.63, 3.8) is 0 Å². The zero-order valence-corrected chi connectivity index (χ0v) is 13.0. The summed E-state index contributed by atoms with van der Waals surface area (Å²) in [4.78, 5) is 0. The summed E-state index contributed by atoms with van der Waals surface area (Å²) < 4.78 is 5.62. The molecule has 1 aliphatic heterocycles. The van der Waals surface area contributed by atoms with E-state index in [0.29, 0.717) is 18.0 Å². The number of benzene rings is 1. The molecule has 19 heavy (non-hydrogen) atoms. The van der Waals surface area contributed by atoms with Crippen LogP contribution >= 0.6 is 23.2 Å². The molecule has 1 N–H and O–H groups in total. The lowest BCUT2D eigenvalue weighted by molar-refractivity contribution is 0.0300. The Morgan fingerprint density at radius 1 is 1.37 bits per heavy atom. The lowest BCUT2D eigenvalue weighted by Crippen LogP contribution is -2.46. The fourth-order valence-electron chi connectivity index (χ4n) is 2.63. The Labute approximate surface area is 125 Å². The van der Waals surface area contributed by atoms with Gasteiger partial charge in [0.2, 0.25) is 0 Å². The van der Waals surface area contributed by atoms with Crippen LogP contribution in [-0.4, -0.2) is 25.3 Å². The number of halogens is 2. The van der Waals surface area contributed by atoms with Crippen LogP contribution in [0.1, 0.15) is 25.8 Å². The van der Waals surface area contributed by atoms with Gasteiger partial charge in [0.1, 0.15) is 0 Å². The van der Waals surface area contributed by atoms with Crippen LogP contribution in [-0.2, 0) is 11.2 Å². The first kappa shape index (κ1) is 15.1. The topological polar surface area (TPSA) is 21.3 Å². The van der Waals surface area contributed by atoms with Crippen LogP contribution in [0.25, 0.3) is 0 Å². The monoisotopic (exact) mass is 301 g/mol. The summed E-state index contributed by atoms with van der Waals surface area (Å²) in [5.41, 5.74) is 1.11. The van der Waals surface area contributed by atoms with E-state index >= 15 is 0 Å². The third-order valence-electron chi connectivity index (χ3n) is 3.51. The molecule has 2 atom stereocenters. The van der Waals surface area contributed by atoms with Crippen molar-refractivity contribution in [2.75, 3.05) is 13.2 Å². The average molecular weight is 302 g/mol. The Morgan fingerprint density at radius 3 is 2.89 bits per heavy atom. The molecule has 0 amide bonds. The second-order valence-corrected chi connectivity index (χ2v) is 6.34. The summed E-state index contributed by atoms with van der Waals surface area (Å²) in [6.45, 7) is 5.98. The van der Waals surface area contributed by atoms with E-state index in [9.17, 15) is 0 Å². The predicted octanol–water partition coefficient (Wildman–Crippen LogP) is 3.94. The minimum absolute atomic E-state index is 0.451. The molecule has 1 aromatic rings. The molecule has 106 valence electrons. The summed E-state index contributed by atoms with van der Waals surface area (Å²) >= 11 is 12.3. The van der Waals surface area contributed by atoms with E-state index in [1.165, 1.54) is 0 Å². The molecule has 0 aliphatic carbocycles. The third kappa shape index (κ3) is 4.35. The minimum atomic E-state index is 0.451. The highest BCUT2D eigenvalue weighted by Crippen LogP contribution is 2.26. The molecule has 0 bridgehead atoms. The molecule has 0 aromatic heterocycles. The van der Waals surface area contributed by atoms with Crippen LogP contribution in [0.3, 0.4) is 0 Å². The largest absolute Gasteiger partial charge is 0.381 e. The zero-order valence-electron chi connectivity index (χ0n) is 11.5. The molecule has 1 heterocycles. The number of ether oxygens (including phenoxy) is 1. The molecule has 4 heteroatoms. The molecule has 1 aliphatic rings. The van der Waals surface area contributed by atoms with Crippen molar-refractivity contribution in [3.8, 4) is 0 Å².